The molecule has 0 fully saturated rings. The van der Waals surface area contributed by atoms with E-state index in [0.717, 1.165) is 11.1 Å². The zero-order chi connectivity index (χ0) is 13.7. The quantitative estimate of drug-likeness (QED) is 0.327. The van der Waals surface area contributed by atoms with Crippen LogP contribution in [0.3, 0.4) is 0 Å². The van der Waals surface area contributed by atoms with Crippen LogP contribution < -0.4 is 11.1 Å². The Balaban J connectivity index is 2.87. The largest absolute Gasteiger partial charge is 0.409 e. The number of nitrogens with two attached hydrogens (primary N) is 1. The SMILES string of the molecule is CCC(NC(=O)c1cc(C)cc(C)c1)/C(N)=N/O. The molecule has 1 unspecified atom stereocenters. The molecule has 0 aromatic heterocycles. The Morgan fingerprint density at radius 1 is 1.39 bits per heavy atom. The number of amidine groups is 1. The van der Waals surface area contributed by atoms with Crippen molar-refractivity contribution in [3.63, 3.8) is 0 Å². The second-order valence-electron chi connectivity index (χ2n) is 4.34. The van der Waals surface area contributed by atoms with E-state index in [1.54, 1.807) is 12.1 Å². The van der Waals surface area contributed by atoms with E-state index in [1.165, 1.54) is 0 Å². The number of carbonyl (C=O) groups is 1. The van der Waals surface area contributed by atoms with Crippen LogP contribution >= 0.6 is 0 Å². The fraction of sp³-hybridized carbons (Fsp3) is 0.385. The van der Waals surface area contributed by atoms with Crippen molar-refractivity contribution in [1.29, 1.82) is 0 Å². The molecule has 0 bridgehead atoms. The summed E-state index contributed by atoms with van der Waals surface area (Å²) in [5.74, 6) is -0.213. The highest BCUT2D eigenvalue weighted by Gasteiger charge is 2.16. The molecule has 1 aromatic carbocycles. The van der Waals surface area contributed by atoms with Gasteiger partial charge in [0.15, 0.2) is 5.84 Å². The van der Waals surface area contributed by atoms with Gasteiger partial charge in [-0.05, 0) is 32.4 Å². The molecule has 5 heteroatoms. The third-order valence-electron chi connectivity index (χ3n) is 2.67. The molecule has 18 heavy (non-hydrogen) atoms. The number of rotatable bonds is 4. The van der Waals surface area contributed by atoms with Gasteiger partial charge >= 0.3 is 0 Å². The van der Waals surface area contributed by atoms with Crippen molar-refractivity contribution >= 4 is 11.7 Å². The van der Waals surface area contributed by atoms with Crippen LogP contribution in [0, 0.1) is 13.8 Å². The summed E-state index contributed by atoms with van der Waals surface area (Å²) in [5.41, 5.74) is 8.13. The first-order chi connectivity index (χ1) is 8.47. The van der Waals surface area contributed by atoms with Crippen LogP contribution in [0.2, 0.25) is 0 Å². The van der Waals surface area contributed by atoms with Crippen LogP contribution in [0.15, 0.2) is 23.4 Å². The van der Waals surface area contributed by atoms with E-state index in [0.29, 0.717) is 12.0 Å². The Morgan fingerprint density at radius 3 is 2.39 bits per heavy atom. The number of hydrogen-bond acceptors (Lipinski definition) is 3. The summed E-state index contributed by atoms with van der Waals surface area (Å²) < 4.78 is 0. The van der Waals surface area contributed by atoms with E-state index < -0.39 is 6.04 Å². The fourth-order valence-corrected chi connectivity index (χ4v) is 1.80. The minimum atomic E-state index is -0.455. The zero-order valence-electron chi connectivity index (χ0n) is 10.9. The molecule has 0 radical (unpaired) electrons. The first-order valence-corrected chi connectivity index (χ1v) is 5.84. The summed E-state index contributed by atoms with van der Waals surface area (Å²) >= 11 is 0. The average Bonchev–Trinajstić information content (AvgIpc) is 2.33. The third-order valence-corrected chi connectivity index (χ3v) is 2.67. The summed E-state index contributed by atoms with van der Waals surface area (Å²) in [7, 11) is 0. The second-order valence-corrected chi connectivity index (χ2v) is 4.34. The zero-order valence-corrected chi connectivity index (χ0v) is 10.9. The molecular weight excluding hydrogens is 230 g/mol. The highest BCUT2D eigenvalue weighted by Crippen LogP contribution is 2.09. The molecule has 0 saturated carbocycles. The molecule has 1 atom stereocenters. The maximum Gasteiger partial charge on any atom is 0.251 e. The van der Waals surface area contributed by atoms with E-state index in [2.05, 4.69) is 10.5 Å². The predicted molar refractivity (Wildman–Crippen MR) is 70.9 cm³/mol. The molecule has 0 heterocycles. The van der Waals surface area contributed by atoms with Crippen LogP contribution in [0.25, 0.3) is 0 Å². The van der Waals surface area contributed by atoms with Crippen molar-refractivity contribution in [1.82, 2.24) is 5.32 Å². The summed E-state index contributed by atoms with van der Waals surface area (Å²) in [6.45, 7) is 5.72. The molecule has 0 aliphatic heterocycles. The Hall–Kier alpha value is -2.04. The van der Waals surface area contributed by atoms with Crippen molar-refractivity contribution in [2.45, 2.75) is 33.2 Å². The van der Waals surface area contributed by atoms with Gasteiger partial charge in [-0.3, -0.25) is 4.79 Å². The molecule has 0 aliphatic rings. The summed E-state index contributed by atoms with van der Waals surface area (Å²) in [6, 6.07) is 5.16. The van der Waals surface area contributed by atoms with Gasteiger partial charge in [0.2, 0.25) is 0 Å². The molecule has 0 spiro atoms. The standard InChI is InChI=1S/C13H19N3O2/c1-4-11(12(14)16-18)15-13(17)10-6-8(2)5-9(3)7-10/h5-7,11,18H,4H2,1-3H3,(H2,14,16)(H,15,17). The van der Waals surface area contributed by atoms with Crippen molar-refractivity contribution in [2.24, 2.45) is 10.9 Å². The molecule has 0 saturated heterocycles. The minimum Gasteiger partial charge on any atom is -0.409 e. The van der Waals surface area contributed by atoms with Crippen LogP contribution in [0.5, 0.6) is 0 Å². The number of aryl methyl sites for hydroxylation is 2. The lowest BCUT2D eigenvalue weighted by atomic mass is 10.1. The fourth-order valence-electron chi connectivity index (χ4n) is 1.80. The van der Waals surface area contributed by atoms with Gasteiger partial charge in [-0.25, -0.2) is 0 Å². The highest BCUT2D eigenvalue weighted by atomic mass is 16.4. The summed E-state index contributed by atoms with van der Waals surface area (Å²) in [4.78, 5) is 12.0. The molecule has 1 rings (SSSR count). The number of nitrogens with zero attached hydrogens (tertiary/aromatic N) is 1. The Bertz CT molecular complexity index is 449. The number of benzene rings is 1. The van der Waals surface area contributed by atoms with E-state index in [4.69, 9.17) is 10.9 Å². The normalized spacial score (nSPS) is 13.2. The molecule has 0 aliphatic carbocycles. The first-order valence-electron chi connectivity index (χ1n) is 5.84. The van der Waals surface area contributed by atoms with Crippen molar-refractivity contribution < 1.29 is 10.0 Å². The molecular formula is C13H19N3O2. The van der Waals surface area contributed by atoms with Crippen molar-refractivity contribution in [3.05, 3.63) is 34.9 Å². The van der Waals surface area contributed by atoms with Crippen LogP contribution in [0.1, 0.15) is 34.8 Å². The Morgan fingerprint density at radius 2 is 1.94 bits per heavy atom. The average molecular weight is 249 g/mol. The number of oxime groups is 1. The van der Waals surface area contributed by atoms with Gasteiger partial charge in [0.25, 0.3) is 5.91 Å². The molecule has 5 nitrogen and oxygen atoms in total. The van der Waals surface area contributed by atoms with Gasteiger partial charge < -0.3 is 16.3 Å². The second kappa shape index (κ2) is 6.05. The molecule has 1 aromatic rings. The van der Waals surface area contributed by atoms with Gasteiger partial charge in [0.05, 0.1) is 6.04 Å². The minimum absolute atomic E-state index is 0.00947. The lowest BCUT2D eigenvalue weighted by Gasteiger charge is -2.15. The lowest BCUT2D eigenvalue weighted by Crippen LogP contribution is -2.44. The highest BCUT2D eigenvalue weighted by molar-refractivity contribution is 5.98. The van der Waals surface area contributed by atoms with Gasteiger partial charge in [0.1, 0.15) is 0 Å². The maximum absolute atomic E-state index is 12.0. The first kappa shape index (κ1) is 14.0. The van der Waals surface area contributed by atoms with E-state index in [1.807, 2.05) is 26.8 Å². The predicted octanol–water partition coefficient (Wildman–Crippen LogP) is 1.56. The third kappa shape index (κ3) is 3.48. The summed E-state index contributed by atoms with van der Waals surface area (Å²) in [6.07, 6.45) is 0.562. The number of amides is 1. The van der Waals surface area contributed by atoms with Crippen molar-refractivity contribution in [2.75, 3.05) is 0 Å². The lowest BCUT2D eigenvalue weighted by molar-refractivity contribution is 0.0945. The molecule has 1 amide bonds. The van der Waals surface area contributed by atoms with E-state index in [-0.39, 0.29) is 11.7 Å². The van der Waals surface area contributed by atoms with Gasteiger partial charge in [0, 0.05) is 5.56 Å². The van der Waals surface area contributed by atoms with E-state index in [9.17, 15) is 4.79 Å². The van der Waals surface area contributed by atoms with Crippen LogP contribution in [0.4, 0.5) is 0 Å². The molecule has 98 valence electrons. The number of hydrogen-bond donors (Lipinski definition) is 3. The van der Waals surface area contributed by atoms with Crippen LogP contribution in [-0.2, 0) is 0 Å². The number of nitrogens with one attached hydrogen (secondary N) is 1. The monoisotopic (exact) mass is 249 g/mol. The van der Waals surface area contributed by atoms with Crippen molar-refractivity contribution in [3.8, 4) is 0 Å². The van der Waals surface area contributed by atoms with Crippen LogP contribution in [-0.4, -0.2) is 23.0 Å². The van der Waals surface area contributed by atoms with Gasteiger partial charge in [-0.1, -0.05) is 29.3 Å². The Labute approximate surface area is 107 Å². The van der Waals surface area contributed by atoms with Gasteiger partial charge in [-0.15, -0.1) is 0 Å². The Kier molecular flexibility index (Phi) is 4.71. The smallest absolute Gasteiger partial charge is 0.251 e. The van der Waals surface area contributed by atoms with Gasteiger partial charge in [-0.2, -0.15) is 0 Å². The summed E-state index contributed by atoms with van der Waals surface area (Å²) in [5, 5.41) is 14.3. The topological polar surface area (TPSA) is 87.7 Å². The number of carbonyl (C=O) groups excluding carboxylic acids is 1. The molecule has 4 N–H and O–H groups in total. The maximum atomic E-state index is 12.0. The van der Waals surface area contributed by atoms with E-state index >= 15 is 0 Å².